The molecule has 0 spiro atoms. The Kier molecular flexibility index (Phi) is 7.14. The van der Waals surface area contributed by atoms with Crippen molar-refractivity contribution in [1.82, 2.24) is 5.32 Å². The van der Waals surface area contributed by atoms with Gasteiger partial charge in [0.2, 0.25) is 0 Å². The van der Waals surface area contributed by atoms with Crippen LogP contribution in [0.15, 0.2) is 29.2 Å². The van der Waals surface area contributed by atoms with Crippen LogP contribution in [0.1, 0.15) is 39.0 Å². The van der Waals surface area contributed by atoms with Crippen molar-refractivity contribution in [2.75, 3.05) is 12.4 Å². The Bertz CT molecular complexity index is 732. The Morgan fingerprint density at radius 2 is 1.85 bits per heavy atom. The van der Waals surface area contributed by atoms with E-state index in [-0.39, 0.29) is 23.3 Å². The second-order valence-corrected chi connectivity index (χ2v) is 8.73. The van der Waals surface area contributed by atoms with E-state index >= 15 is 0 Å². The third-order valence-corrected chi connectivity index (χ3v) is 6.30. The molecule has 0 saturated heterocycles. The molecule has 1 aliphatic carbocycles. The lowest BCUT2D eigenvalue weighted by atomic mass is 9.86. The molecule has 0 aromatic heterocycles. The first-order valence-corrected chi connectivity index (χ1v) is 10.4. The Hall–Kier alpha value is -1.96. The zero-order valence-electron chi connectivity index (χ0n) is 14.7. The molecule has 0 unspecified atom stereocenters. The number of amides is 1. The highest BCUT2D eigenvalue weighted by Gasteiger charge is 2.23. The van der Waals surface area contributed by atoms with Crippen LogP contribution in [-0.4, -0.2) is 38.7 Å². The lowest BCUT2D eigenvalue weighted by Gasteiger charge is -2.29. The van der Waals surface area contributed by atoms with E-state index < -0.39 is 34.0 Å². The van der Waals surface area contributed by atoms with Gasteiger partial charge in [0, 0.05) is 6.04 Å². The topological polar surface area (TPSA) is 89.5 Å². The molecule has 0 radical (unpaired) electrons. The summed E-state index contributed by atoms with van der Waals surface area (Å²) in [7, 11) is -3.71. The summed E-state index contributed by atoms with van der Waals surface area (Å²) in [4.78, 5) is 23.5. The first kappa shape index (κ1) is 20.4. The van der Waals surface area contributed by atoms with E-state index in [0.29, 0.717) is 5.92 Å². The molecule has 0 aliphatic heterocycles. The smallest absolute Gasteiger partial charge is 0.307 e. The summed E-state index contributed by atoms with van der Waals surface area (Å²) in [5.41, 5.74) is 0. The van der Waals surface area contributed by atoms with Crippen molar-refractivity contribution in [3.05, 3.63) is 30.1 Å². The molecular formula is C18H24FNO5S. The molecule has 1 N–H and O–H groups in total. The standard InChI is InChI=1S/C18H24FNO5S/c1-13-4-2-3-5-16(13)20-17(21)12-25-18(22)10-11-26(23,24)15-8-6-14(19)7-9-15/h6-9,13,16H,2-5,10-12H2,1H3,(H,20,21)/t13-,16+/m0/s1. The summed E-state index contributed by atoms with van der Waals surface area (Å²) >= 11 is 0. The number of benzene rings is 1. The Balaban J connectivity index is 1.74. The van der Waals surface area contributed by atoms with Gasteiger partial charge in [-0.3, -0.25) is 9.59 Å². The van der Waals surface area contributed by atoms with Crippen molar-refractivity contribution in [2.45, 2.75) is 50.0 Å². The van der Waals surface area contributed by atoms with Gasteiger partial charge in [0.25, 0.3) is 5.91 Å². The van der Waals surface area contributed by atoms with Gasteiger partial charge in [-0.05, 0) is 43.0 Å². The molecule has 0 bridgehead atoms. The van der Waals surface area contributed by atoms with Crippen LogP contribution in [0.5, 0.6) is 0 Å². The summed E-state index contributed by atoms with van der Waals surface area (Å²) in [6.45, 7) is 1.66. The van der Waals surface area contributed by atoms with Gasteiger partial charge >= 0.3 is 5.97 Å². The van der Waals surface area contributed by atoms with Gasteiger partial charge in [-0.25, -0.2) is 12.8 Å². The van der Waals surface area contributed by atoms with E-state index in [9.17, 15) is 22.4 Å². The minimum absolute atomic E-state index is 0.0595. The summed E-state index contributed by atoms with van der Waals surface area (Å²) in [6.07, 6.45) is 3.83. The molecule has 1 fully saturated rings. The third kappa shape index (κ3) is 6.09. The Morgan fingerprint density at radius 1 is 1.19 bits per heavy atom. The van der Waals surface area contributed by atoms with Crippen LogP contribution in [0, 0.1) is 11.7 Å². The van der Waals surface area contributed by atoms with E-state index in [0.717, 1.165) is 49.9 Å². The normalized spacial score (nSPS) is 20.4. The molecule has 0 heterocycles. The van der Waals surface area contributed by atoms with Gasteiger partial charge in [0.15, 0.2) is 16.4 Å². The number of halogens is 1. The van der Waals surface area contributed by atoms with Crippen LogP contribution in [-0.2, 0) is 24.2 Å². The number of carbonyl (C=O) groups excluding carboxylic acids is 2. The second-order valence-electron chi connectivity index (χ2n) is 6.62. The number of ether oxygens (including phenoxy) is 1. The van der Waals surface area contributed by atoms with Crippen molar-refractivity contribution in [3.63, 3.8) is 0 Å². The Labute approximate surface area is 153 Å². The van der Waals surface area contributed by atoms with Crippen LogP contribution in [0.2, 0.25) is 0 Å². The number of nitrogens with one attached hydrogen (secondary N) is 1. The summed E-state index contributed by atoms with van der Waals surface area (Å²) < 4.78 is 41.9. The van der Waals surface area contributed by atoms with Crippen molar-refractivity contribution in [3.8, 4) is 0 Å². The monoisotopic (exact) mass is 385 g/mol. The van der Waals surface area contributed by atoms with E-state index in [1.807, 2.05) is 0 Å². The summed E-state index contributed by atoms with van der Waals surface area (Å²) in [5, 5.41) is 2.86. The van der Waals surface area contributed by atoms with Gasteiger partial charge in [-0.2, -0.15) is 0 Å². The van der Waals surface area contributed by atoms with Gasteiger partial charge in [0.1, 0.15) is 5.82 Å². The molecule has 1 saturated carbocycles. The predicted molar refractivity (Wildman–Crippen MR) is 93.6 cm³/mol. The molecular weight excluding hydrogens is 361 g/mol. The number of hydrogen-bond donors (Lipinski definition) is 1. The number of sulfone groups is 1. The third-order valence-electron chi connectivity index (χ3n) is 4.57. The Morgan fingerprint density at radius 3 is 2.50 bits per heavy atom. The van der Waals surface area contributed by atoms with Gasteiger partial charge in [-0.15, -0.1) is 0 Å². The van der Waals surface area contributed by atoms with Crippen LogP contribution < -0.4 is 5.32 Å². The molecule has 1 aromatic rings. The number of carbonyl (C=O) groups is 2. The predicted octanol–water partition coefficient (Wildman–Crippen LogP) is 2.23. The maximum atomic E-state index is 12.9. The first-order chi connectivity index (χ1) is 12.3. The van der Waals surface area contributed by atoms with E-state index in [1.165, 1.54) is 0 Å². The van der Waals surface area contributed by atoms with Crippen molar-refractivity contribution < 1.29 is 27.1 Å². The minimum atomic E-state index is -3.71. The zero-order valence-corrected chi connectivity index (χ0v) is 15.6. The summed E-state index contributed by atoms with van der Waals surface area (Å²) in [6, 6.07) is 4.47. The fraction of sp³-hybridized carbons (Fsp3) is 0.556. The van der Waals surface area contributed by atoms with E-state index in [2.05, 4.69) is 12.2 Å². The molecule has 1 amide bonds. The molecule has 1 aromatic carbocycles. The van der Waals surface area contributed by atoms with Crippen molar-refractivity contribution in [1.29, 1.82) is 0 Å². The highest BCUT2D eigenvalue weighted by molar-refractivity contribution is 7.91. The fourth-order valence-electron chi connectivity index (χ4n) is 2.97. The highest BCUT2D eigenvalue weighted by atomic mass is 32.2. The zero-order chi connectivity index (χ0) is 19.2. The van der Waals surface area contributed by atoms with E-state index in [1.54, 1.807) is 0 Å². The average Bonchev–Trinajstić information content (AvgIpc) is 2.60. The number of rotatable bonds is 7. The largest absolute Gasteiger partial charge is 0.456 e. The van der Waals surface area contributed by atoms with Gasteiger partial charge < -0.3 is 10.1 Å². The number of hydrogen-bond acceptors (Lipinski definition) is 5. The maximum Gasteiger partial charge on any atom is 0.307 e. The molecule has 1 aliphatic rings. The lowest BCUT2D eigenvalue weighted by Crippen LogP contribution is -2.42. The molecule has 144 valence electrons. The lowest BCUT2D eigenvalue weighted by molar-refractivity contribution is -0.148. The molecule has 8 heteroatoms. The first-order valence-electron chi connectivity index (χ1n) is 8.71. The van der Waals surface area contributed by atoms with Crippen LogP contribution >= 0.6 is 0 Å². The molecule has 6 nitrogen and oxygen atoms in total. The SMILES string of the molecule is C[C@H]1CCCC[C@H]1NC(=O)COC(=O)CCS(=O)(=O)c1ccc(F)cc1. The average molecular weight is 385 g/mol. The molecule has 2 rings (SSSR count). The molecule has 26 heavy (non-hydrogen) atoms. The minimum Gasteiger partial charge on any atom is -0.456 e. The van der Waals surface area contributed by atoms with Crippen molar-refractivity contribution >= 4 is 21.7 Å². The highest BCUT2D eigenvalue weighted by Crippen LogP contribution is 2.23. The van der Waals surface area contributed by atoms with Crippen LogP contribution in [0.3, 0.4) is 0 Å². The van der Waals surface area contributed by atoms with Crippen molar-refractivity contribution in [2.24, 2.45) is 5.92 Å². The fourth-order valence-corrected chi connectivity index (χ4v) is 4.20. The van der Waals surface area contributed by atoms with Crippen LogP contribution in [0.4, 0.5) is 4.39 Å². The van der Waals surface area contributed by atoms with E-state index in [4.69, 9.17) is 4.74 Å². The second kappa shape index (κ2) is 9.12. The number of esters is 1. The molecule has 2 atom stereocenters. The summed E-state index contributed by atoms with van der Waals surface area (Å²) in [5.74, 6) is -1.74. The quantitative estimate of drug-likeness (QED) is 0.574. The van der Waals surface area contributed by atoms with Crippen LogP contribution in [0.25, 0.3) is 0 Å². The maximum absolute atomic E-state index is 12.9. The van der Waals surface area contributed by atoms with Gasteiger partial charge in [-0.1, -0.05) is 19.8 Å². The van der Waals surface area contributed by atoms with Gasteiger partial charge in [0.05, 0.1) is 17.1 Å².